The SMILES string of the molecule is O=C(NCc1cccc(OCC(F)(F)F)c1)NC1CC2(CC2)C1. The third-order valence-electron chi connectivity index (χ3n) is 4.41. The number of carbonyl (C=O) groups is 1. The third kappa shape index (κ3) is 4.53. The first-order valence-corrected chi connectivity index (χ1v) is 7.67. The maximum absolute atomic E-state index is 12.1. The van der Waals surface area contributed by atoms with E-state index >= 15 is 0 Å². The van der Waals surface area contributed by atoms with Crippen LogP contribution in [-0.4, -0.2) is 24.9 Å². The third-order valence-corrected chi connectivity index (χ3v) is 4.41. The average Bonchev–Trinajstić information content (AvgIpc) is 3.23. The van der Waals surface area contributed by atoms with Crippen molar-refractivity contribution in [2.75, 3.05) is 6.61 Å². The van der Waals surface area contributed by atoms with Crippen molar-refractivity contribution in [1.29, 1.82) is 0 Å². The predicted octanol–water partition coefficient (Wildman–Crippen LogP) is 3.37. The van der Waals surface area contributed by atoms with E-state index in [0.29, 0.717) is 11.0 Å². The molecular formula is C16H19F3N2O2. The van der Waals surface area contributed by atoms with Gasteiger partial charge in [-0.05, 0) is 48.8 Å². The number of nitrogens with one attached hydrogen (secondary N) is 2. The smallest absolute Gasteiger partial charge is 0.422 e. The summed E-state index contributed by atoms with van der Waals surface area (Å²) in [6.07, 6.45) is 0.299. The van der Waals surface area contributed by atoms with Gasteiger partial charge in [0.1, 0.15) is 5.75 Å². The molecule has 7 heteroatoms. The van der Waals surface area contributed by atoms with Crippen molar-refractivity contribution in [3.8, 4) is 5.75 Å². The molecule has 1 spiro atoms. The summed E-state index contributed by atoms with van der Waals surface area (Å²) in [7, 11) is 0. The van der Waals surface area contributed by atoms with Crippen LogP contribution in [0.3, 0.4) is 0 Å². The van der Waals surface area contributed by atoms with E-state index in [0.717, 1.165) is 12.8 Å². The molecule has 4 nitrogen and oxygen atoms in total. The Bertz CT molecular complexity index is 577. The molecule has 23 heavy (non-hydrogen) atoms. The lowest BCUT2D eigenvalue weighted by Crippen LogP contribution is -2.48. The lowest BCUT2D eigenvalue weighted by atomic mass is 9.77. The maximum Gasteiger partial charge on any atom is 0.422 e. The van der Waals surface area contributed by atoms with E-state index in [1.165, 1.54) is 25.0 Å². The molecule has 2 aliphatic carbocycles. The van der Waals surface area contributed by atoms with Crippen LogP contribution in [0.4, 0.5) is 18.0 Å². The highest BCUT2D eigenvalue weighted by Gasteiger charge is 2.53. The molecule has 0 atom stereocenters. The Kier molecular flexibility index (Phi) is 4.12. The molecule has 1 aromatic carbocycles. The highest BCUT2D eigenvalue weighted by atomic mass is 19.4. The summed E-state index contributed by atoms with van der Waals surface area (Å²) in [6.45, 7) is -1.08. The number of halogens is 3. The second-order valence-electron chi connectivity index (χ2n) is 6.48. The number of amides is 2. The first kappa shape index (κ1) is 16.0. The number of carbonyl (C=O) groups excluding carboxylic acids is 1. The van der Waals surface area contributed by atoms with Crippen LogP contribution < -0.4 is 15.4 Å². The van der Waals surface area contributed by atoms with Gasteiger partial charge in [0, 0.05) is 12.6 Å². The Labute approximate surface area is 132 Å². The molecule has 0 bridgehead atoms. The van der Waals surface area contributed by atoms with E-state index in [1.54, 1.807) is 12.1 Å². The van der Waals surface area contributed by atoms with Crippen molar-refractivity contribution in [3.05, 3.63) is 29.8 Å². The lowest BCUT2D eigenvalue weighted by molar-refractivity contribution is -0.153. The van der Waals surface area contributed by atoms with Crippen molar-refractivity contribution in [1.82, 2.24) is 10.6 Å². The first-order chi connectivity index (χ1) is 10.8. The van der Waals surface area contributed by atoms with E-state index in [2.05, 4.69) is 15.4 Å². The summed E-state index contributed by atoms with van der Waals surface area (Å²) >= 11 is 0. The monoisotopic (exact) mass is 328 g/mol. The van der Waals surface area contributed by atoms with E-state index < -0.39 is 12.8 Å². The average molecular weight is 328 g/mol. The van der Waals surface area contributed by atoms with Gasteiger partial charge in [-0.25, -0.2) is 4.79 Å². The molecule has 0 aliphatic heterocycles. The van der Waals surface area contributed by atoms with Gasteiger partial charge >= 0.3 is 12.2 Å². The zero-order valence-electron chi connectivity index (χ0n) is 12.6. The van der Waals surface area contributed by atoms with Crippen LogP contribution >= 0.6 is 0 Å². The standard InChI is InChI=1S/C16H19F3N2O2/c17-16(18,19)10-23-13-3-1-2-11(6-13)9-20-14(22)21-12-7-15(8-12)4-5-15/h1-3,6,12H,4-5,7-10H2,(H2,20,21,22). The van der Waals surface area contributed by atoms with Gasteiger partial charge in [0.05, 0.1) is 0 Å². The molecular weight excluding hydrogens is 309 g/mol. The minimum Gasteiger partial charge on any atom is -0.484 e. The Balaban J connectivity index is 1.41. The molecule has 126 valence electrons. The summed E-state index contributed by atoms with van der Waals surface area (Å²) in [6, 6.07) is 6.28. The summed E-state index contributed by atoms with van der Waals surface area (Å²) < 4.78 is 41.1. The largest absolute Gasteiger partial charge is 0.484 e. The number of ether oxygens (including phenoxy) is 1. The molecule has 2 fully saturated rings. The second kappa shape index (κ2) is 5.94. The molecule has 3 rings (SSSR count). The molecule has 0 saturated heterocycles. The zero-order valence-corrected chi connectivity index (χ0v) is 12.6. The Morgan fingerprint density at radius 1 is 1.30 bits per heavy atom. The van der Waals surface area contributed by atoms with Crippen LogP contribution in [0.25, 0.3) is 0 Å². The molecule has 1 aromatic rings. The number of hydrogen-bond donors (Lipinski definition) is 2. The molecule has 0 radical (unpaired) electrons. The Morgan fingerprint density at radius 3 is 2.70 bits per heavy atom. The summed E-state index contributed by atoms with van der Waals surface area (Å²) in [4.78, 5) is 11.8. The van der Waals surface area contributed by atoms with Crippen molar-refractivity contribution < 1.29 is 22.7 Å². The van der Waals surface area contributed by atoms with Gasteiger partial charge in [0.2, 0.25) is 0 Å². The zero-order chi connectivity index (χ0) is 16.5. The minimum absolute atomic E-state index is 0.136. The highest BCUT2D eigenvalue weighted by molar-refractivity contribution is 5.74. The molecule has 2 saturated carbocycles. The van der Waals surface area contributed by atoms with Crippen molar-refractivity contribution in [3.63, 3.8) is 0 Å². The Hall–Kier alpha value is -1.92. The fraction of sp³-hybridized carbons (Fsp3) is 0.562. The summed E-state index contributed by atoms with van der Waals surface area (Å²) in [5, 5.41) is 5.63. The van der Waals surface area contributed by atoms with Crippen LogP contribution in [0, 0.1) is 5.41 Å². The molecule has 2 N–H and O–H groups in total. The fourth-order valence-electron chi connectivity index (χ4n) is 3.00. The van der Waals surface area contributed by atoms with Gasteiger partial charge in [-0.1, -0.05) is 12.1 Å². The normalized spacial score (nSPS) is 19.1. The van der Waals surface area contributed by atoms with Crippen molar-refractivity contribution in [2.24, 2.45) is 5.41 Å². The summed E-state index contributed by atoms with van der Waals surface area (Å²) in [5.41, 5.74) is 1.22. The van der Waals surface area contributed by atoms with Gasteiger partial charge < -0.3 is 15.4 Å². The van der Waals surface area contributed by atoms with Gasteiger partial charge in [-0.15, -0.1) is 0 Å². The lowest BCUT2D eigenvalue weighted by Gasteiger charge is -2.36. The Morgan fingerprint density at radius 2 is 2.04 bits per heavy atom. The first-order valence-electron chi connectivity index (χ1n) is 7.67. The van der Waals surface area contributed by atoms with Gasteiger partial charge in [0.15, 0.2) is 6.61 Å². The number of urea groups is 1. The van der Waals surface area contributed by atoms with Crippen molar-refractivity contribution in [2.45, 2.75) is 44.4 Å². The van der Waals surface area contributed by atoms with Gasteiger partial charge in [0.25, 0.3) is 0 Å². The second-order valence-corrected chi connectivity index (χ2v) is 6.48. The molecule has 0 unspecified atom stereocenters. The number of hydrogen-bond acceptors (Lipinski definition) is 2. The maximum atomic E-state index is 12.1. The molecule has 2 amide bonds. The van der Waals surface area contributed by atoms with E-state index in [-0.39, 0.29) is 24.4 Å². The topological polar surface area (TPSA) is 50.4 Å². The van der Waals surface area contributed by atoms with Crippen molar-refractivity contribution >= 4 is 6.03 Å². The summed E-state index contributed by atoms with van der Waals surface area (Å²) in [5.74, 6) is 0.136. The molecule has 0 aromatic heterocycles. The number of alkyl halides is 3. The van der Waals surface area contributed by atoms with Crippen LogP contribution in [0.5, 0.6) is 5.75 Å². The number of benzene rings is 1. The van der Waals surface area contributed by atoms with Gasteiger partial charge in [-0.2, -0.15) is 13.2 Å². The molecule has 2 aliphatic rings. The predicted molar refractivity (Wildman–Crippen MR) is 78.1 cm³/mol. The van der Waals surface area contributed by atoms with Crippen LogP contribution in [0.1, 0.15) is 31.2 Å². The minimum atomic E-state index is -4.37. The quantitative estimate of drug-likeness (QED) is 0.871. The van der Waals surface area contributed by atoms with E-state index in [4.69, 9.17) is 0 Å². The van der Waals surface area contributed by atoms with E-state index in [9.17, 15) is 18.0 Å². The van der Waals surface area contributed by atoms with Crippen LogP contribution in [-0.2, 0) is 6.54 Å². The van der Waals surface area contributed by atoms with Crippen LogP contribution in [0.2, 0.25) is 0 Å². The van der Waals surface area contributed by atoms with Gasteiger partial charge in [-0.3, -0.25) is 0 Å². The highest BCUT2D eigenvalue weighted by Crippen LogP contribution is 2.60. The fourth-order valence-corrected chi connectivity index (χ4v) is 3.00. The van der Waals surface area contributed by atoms with Crippen LogP contribution in [0.15, 0.2) is 24.3 Å². The molecule has 0 heterocycles. The number of rotatable bonds is 5. The van der Waals surface area contributed by atoms with E-state index in [1.807, 2.05) is 0 Å².